The van der Waals surface area contributed by atoms with Crippen LogP contribution >= 0.6 is 0 Å². The van der Waals surface area contributed by atoms with Gasteiger partial charge in [0.2, 0.25) is 0 Å². The molecule has 1 heterocycles. The monoisotopic (exact) mass is 251 g/mol. The molecule has 1 aromatic carbocycles. The van der Waals surface area contributed by atoms with Crippen LogP contribution in [0.4, 0.5) is 5.69 Å². The molecule has 5 heteroatoms. The molecular formula is C13H17NO4. The van der Waals surface area contributed by atoms with Crippen LogP contribution in [0.15, 0.2) is 24.3 Å². The summed E-state index contributed by atoms with van der Waals surface area (Å²) in [5, 5.41) is 21.0. The van der Waals surface area contributed by atoms with Crippen LogP contribution in [-0.4, -0.2) is 29.3 Å². The lowest BCUT2D eigenvalue weighted by Crippen LogP contribution is -2.29. The summed E-state index contributed by atoms with van der Waals surface area (Å²) in [6.45, 7) is 1.33. The van der Waals surface area contributed by atoms with E-state index in [1.165, 1.54) is 6.07 Å². The minimum atomic E-state index is -0.532. The predicted octanol–water partition coefficient (Wildman–Crippen LogP) is 1.92. The lowest BCUT2D eigenvalue weighted by Gasteiger charge is -2.26. The van der Waals surface area contributed by atoms with Gasteiger partial charge in [-0.15, -0.1) is 0 Å². The summed E-state index contributed by atoms with van der Waals surface area (Å²) in [6, 6.07) is 6.59. The Balaban J connectivity index is 2.06. The first-order valence-corrected chi connectivity index (χ1v) is 6.16. The van der Waals surface area contributed by atoms with Crippen LogP contribution in [-0.2, 0) is 11.2 Å². The van der Waals surface area contributed by atoms with E-state index in [0.29, 0.717) is 25.2 Å². The molecule has 0 aliphatic carbocycles. The van der Waals surface area contributed by atoms with E-state index in [2.05, 4.69) is 0 Å². The maximum atomic E-state index is 10.9. The van der Waals surface area contributed by atoms with Crippen molar-refractivity contribution in [1.82, 2.24) is 0 Å². The zero-order chi connectivity index (χ0) is 13.0. The van der Waals surface area contributed by atoms with Gasteiger partial charge >= 0.3 is 0 Å². The Labute approximate surface area is 106 Å². The molecule has 0 bridgehead atoms. The Morgan fingerprint density at radius 2 is 2.06 bits per heavy atom. The third-order valence-electron chi connectivity index (χ3n) is 3.43. The first kappa shape index (κ1) is 13.0. The third kappa shape index (κ3) is 3.05. The van der Waals surface area contributed by atoms with Gasteiger partial charge in [0.15, 0.2) is 0 Å². The van der Waals surface area contributed by atoms with Crippen LogP contribution in [0.2, 0.25) is 0 Å². The van der Waals surface area contributed by atoms with Gasteiger partial charge in [0.05, 0.1) is 11.0 Å². The number of ether oxygens (including phenoxy) is 1. The fraction of sp³-hybridized carbons (Fsp3) is 0.538. The number of hydrogen-bond donors (Lipinski definition) is 1. The second-order valence-corrected chi connectivity index (χ2v) is 4.61. The Hall–Kier alpha value is -1.46. The van der Waals surface area contributed by atoms with Gasteiger partial charge in [-0.3, -0.25) is 10.1 Å². The van der Waals surface area contributed by atoms with E-state index in [1.807, 2.05) is 0 Å². The maximum Gasteiger partial charge on any atom is 0.272 e. The SMILES string of the molecule is O=[N+]([O-])c1ccccc1CC(O)C1CCOCC1. The normalized spacial score (nSPS) is 18.5. The lowest BCUT2D eigenvalue weighted by atomic mass is 9.89. The van der Waals surface area contributed by atoms with Crippen LogP contribution in [0, 0.1) is 16.0 Å². The summed E-state index contributed by atoms with van der Waals surface area (Å²) in [7, 11) is 0. The van der Waals surface area contributed by atoms with Crippen LogP contribution < -0.4 is 0 Å². The second-order valence-electron chi connectivity index (χ2n) is 4.61. The van der Waals surface area contributed by atoms with Gasteiger partial charge in [-0.25, -0.2) is 0 Å². The molecule has 1 aliphatic rings. The molecule has 1 saturated heterocycles. The average Bonchev–Trinajstić information content (AvgIpc) is 2.40. The molecule has 0 aromatic heterocycles. The Kier molecular flexibility index (Phi) is 4.28. The minimum absolute atomic E-state index is 0.0867. The van der Waals surface area contributed by atoms with Crippen molar-refractivity contribution >= 4 is 5.69 Å². The Bertz CT molecular complexity index is 415. The molecule has 0 amide bonds. The van der Waals surface area contributed by atoms with Gasteiger partial charge in [-0.2, -0.15) is 0 Å². The Morgan fingerprint density at radius 3 is 2.72 bits per heavy atom. The molecule has 1 atom stereocenters. The summed E-state index contributed by atoms with van der Waals surface area (Å²) < 4.78 is 5.24. The van der Waals surface area contributed by atoms with E-state index in [-0.39, 0.29) is 11.6 Å². The average molecular weight is 251 g/mol. The molecule has 18 heavy (non-hydrogen) atoms. The van der Waals surface area contributed by atoms with E-state index in [9.17, 15) is 15.2 Å². The summed E-state index contributed by atoms with van der Waals surface area (Å²) in [5.74, 6) is 0.179. The number of aliphatic hydroxyl groups is 1. The van der Waals surface area contributed by atoms with E-state index >= 15 is 0 Å². The molecule has 1 aliphatic heterocycles. The van der Waals surface area contributed by atoms with E-state index in [0.717, 1.165) is 12.8 Å². The first-order chi connectivity index (χ1) is 8.68. The lowest BCUT2D eigenvalue weighted by molar-refractivity contribution is -0.385. The number of nitrogens with zero attached hydrogens (tertiary/aromatic N) is 1. The van der Waals surface area contributed by atoms with Gasteiger partial charge in [-0.1, -0.05) is 18.2 Å². The number of para-hydroxylation sites is 1. The van der Waals surface area contributed by atoms with Crippen molar-refractivity contribution in [2.45, 2.75) is 25.4 Å². The van der Waals surface area contributed by atoms with Crippen molar-refractivity contribution in [1.29, 1.82) is 0 Å². The van der Waals surface area contributed by atoms with Crippen LogP contribution in [0.3, 0.4) is 0 Å². The maximum absolute atomic E-state index is 10.9. The molecule has 1 aromatic rings. The topological polar surface area (TPSA) is 72.6 Å². The highest BCUT2D eigenvalue weighted by atomic mass is 16.6. The largest absolute Gasteiger partial charge is 0.392 e. The van der Waals surface area contributed by atoms with Crippen molar-refractivity contribution in [2.75, 3.05) is 13.2 Å². The van der Waals surface area contributed by atoms with Crippen molar-refractivity contribution in [3.8, 4) is 0 Å². The number of benzene rings is 1. The van der Waals surface area contributed by atoms with Crippen LogP contribution in [0.1, 0.15) is 18.4 Å². The summed E-state index contributed by atoms with van der Waals surface area (Å²) in [4.78, 5) is 10.5. The van der Waals surface area contributed by atoms with Gasteiger partial charge in [0.25, 0.3) is 5.69 Å². The fourth-order valence-electron chi connectivity index (χ4n) is 2.35. The Morgan fingerprint density at radius 1 is 1.39 bits per heavy atom. The van der Waals surface area contributed by atoms with Crippen LogP contribution in [0.25, 0.3) is 0 Å². The standard InChI is InChI=1S/C13H17NO4/c15-13(10-5-7-18-8-6-10)9-11-3-1-2-4-12(11)14(16)17/h1-4,10,13,15H,5-9H2. The number of nitro groups is 1. The molecule has 0 radical (unpaired) electrons. The third-order valence-corrected chi connectivity index (χ3v) is 3.43. The van der Waals surface area contributed by atoms with Crippen molar-refractivity contribution in [3.63, 3.8) is 0 Å². The highest BCUT2D eigenvalue weighted by Crippen LogP contribution is 2.25. The van der Waals surface area contributed by atoms with E-state index in [4.69, 9.17) is 4.74 Å². The van der Waals surface area contributed by atoms with Gasteiger partial charge in [0, 0.05) is 31.3 Å². The van der Waals surface area contributed by atoms with Crippen molar-refractivity contribution in [2.24, 2.45) is 5.92 Å². The van der Waals surface area contributed by atoms with Gasteiger partial charge < -0.3 is 9.84 Å². The first-order valence-electron chi connectivity index (χ1n) is 6.16. The van der Waals surface area contributed by atoms with Crippen molar-refractivity contribution in [3.05, 3.63) is 39.9 Å². The molecule has 0 saturated carbocycles. The number of rotatable bonds is 4. The summed E-state index contributed by atoms with van der Waals surface area (Å²) in [6.07, 6.45) is 1.45. The highest BCUT2D eigenvalue weighted by molar-refractivity contribution is 5.40. The van der Waals surface area contributed by atoms with E-state index in [1.54, 1.807) is 18.2 Å². The highest BCUT2D eigenvalue weighted by Gasteiger charge is 2.24. The molecular weight excluding hydrogens is 234 g/mol. The molecule has 1 N–H and O–H groups in total. The molecule has 5 nitrogen and oxygen atoms in total. The zero-order valence-electron chi connectivity index (χ0n) is 10.1. The number of nitro benzene ring substituents is 1. The molecule has 1 unspecified atom stereocenters. The number of aliphatic hydroxyl groups excluding tert-OH is 1. The van der Waals surface area contributed by atoms with Gasteiger partial charge in [0.1, 0.15) is 0 Å². The summed E-state index contributed by atoms with van der Waals surface area (Å²) in [5.41, 5.74) is 0.685. The van der Waals surface area contributed by atoms with Crippen LogP contribution in [0.5, 0.6) is 0 Å². The zero-order valence-corrected chi connectivity index (χ0v) is 10.1. The van der Waals surface area contributed by atoms with Gasteiger partial charge in [-0.05, 0) is 18.8 Å². The minimum Gasteiger partial charge on any atom is -0.392 e. The molecule has 98 valence electrons. The van der Waals surface area contributed by atoms with Crippen molar-refractivity contribution < 1.29 is 14.8 Å². The van der Waals surface area contributed by atoms with E-state index < -0.39 is 11.0 Å². The second kappa shape index (κ2) is 5.93. The molecule has 1 fully saturated rings. The predicted molar refractivity (Wildman–Crippen MR) is 66.4 cm³/mol. The molecule has 2 rings (SSSR count). The smallest absolute Gasteiger partial charge is 0.272 e. The summed E-state index contributed by atoms with van der Waals surface area (Å²) >= 11 is 0. The fourth-order valence-corrected chi connectivity index (χ4v) is 2.35. The quantitative estimate of drug-likeness (QED) is 0.655. The number of hydrogen-bond acceptors (Lipinski definition) is 4. The molecule has 0 spiro atoms.